The summed E-state index contributed by atoms with van der Waals surface area (Å²) in [7, 11) is 1.63. The average Bonchev–Trinajstić information content (AvgIpc) is 3.30. The second-order valence-corrected chi connectivity index (χ2v) is 13.3. The fourth-order valence-electron chi connectivity index (χ4n) is 5.44. The van der Waals surface area contributed by atoms with Crippen molar-refractivity contribution in [3.05, 3.63) is 119 Å². The summed E-state index contributed by atoms with van der Waals surface area (Å²) in [4.78, 5) is 12.1. The Morgan fingerprint density at radius 3 is 1.08 bits per heavy atom. The fraction of sp³-hybridized carbons (Fsp3) is 0.468. The largest absolute Gasteiger partial charge is 0.497 e. The van der Waals surface area contributed by atoms with Gasteiger partial charge in [-0.05, 0) is 41.0 Å². The van der Waals surface area contributed by atoms with Crippen LogP contribution in [0.5, 0.6) is 23.0 Å². The third-order valence-corrected chi connectivity index (χ3v) is 8.60. The SMILES string of the molecule is COc1ccc(COCCOCCOCCOc2c(OCCOCCOCCOCc3ccccc3)cc(C(=O)O)cc2OCCOCCOCCOCc2ccccc2)cc1. The molecule has 4 aromatic carbocycles. The van der Waals surface area contributed by atoms with E-state index in [1.807, 2.05) is 84.9 Å². The summed E-state index contributed by atoms with van der Waals surface area (Å²) in [6.07, 6.45) is 0. The summed E-state index contributed by atoms with van der Waals surface area (Å²) in [6.45, 7) is 7.49. The third-order valence-electron chi connectivity index (χ3n) is 8.60. The predicted molar refractivity (Wildman–Crippen MR) is 230 cm³/mol. The zero-order valence-electron chi connectivity index (χ0n) is 35.7. The molecule has 0 aliphatic rings. The van der Waals surface area contributed by atoms with Crippen LogP contribution in [0.15, 0.2) is 97.1 Å². The Hall–Kier alpha value is -4.81. The van der Waals surface area contributed by atoms with E-state index in [1.54, 1.807) is 7.11 Å². The van der Waals surface area contributed by atoms with E-state index in [-0.39, 0.29) is 62.5 Å². The molecule has 62 heavy (non-hydrogen) atoms. The number of carbonyl (C=O) groups is 1. The Balaban J connectivity index is 1.15. The number of methoxy groups -OCH3 is 1. The van der Waals surface area contributed by atoms with E-state index in [0.717, 1.165) is 22.4 Å². The van der Waals surface area contributed by atoms with Gasteiger partial charge in [0.05, 0.1) is 132 Å². The maximum absolute atomic E-state index is 12.1. The lowest BCUT2D eigenvalue weighted by Gasteiger charge is -2.18. The topological polar surface area (TPSA) is 157 Å². The first-order valence-corrected chi connectivity index (χ1v) is 20.8. The summed E-state index contributed by atoms with van der Waals surface area (Å²) >= 11 is 0. The van der Waals surface area contributed by atoms with Crippen LogP contribution in [0.2, 0.25) is 0 Å². The van der Waals surface area contributed by atoms with Gasteiger partial charge in [-0.3, -0.25) is 0 Å². The number of hydrogen-bond donors (Lipinski definition) is 1. The first-order chi connectivity index (χ1) is 30.6. The van der Waals surface area contributed by atoms with Crippen molar-refractivity contribution in [2.24, 2.45) is 0 Å². The first-order valence-electron chi connectivity index (χ1n) is 20.8. The normalized spacial score (nSPS) is 11.1. The molecular formula is C47H62O15. The number of carboxylic acid groups (broad SMARTS) is 1. The van der Waals surface area contributed by atoms with Crippen molar-refractivity contribution in [2.45, 2.75) is 19.8 Å². The lowest BCUT2D eigenvalue weighted by molar-refractivity contribution is 0.00366. The van der Waals surface area contributed by atoms with Crippen LogP contribution in [0, 0.1) is 0 Å². The zero-order valence-corrected chi connectivity index (χ0v) is 35.7. The summed E-state index contributed by atoms with van der Waals surface area (Å²) in [6, 6.07) is 30.4. The molecule has 0 aromatic heterocycles. The standard InChI is InChI=1S/C47H62O15/c1-50-43-14-12-41(13-15-43)38-59-27-24-53-18-21-56-30-33-62-46-44(60-31-28-54-19-16-51-22-25-57-36-39-8-4-2-5-9-39)34-42(47(48)49)35-45(46)61-32-29-55-20-17-52-23-26-58-37-40-10-6-3-7-11-40/h2-15,34-35H,16-33,36-38H2,1H3,(H,48,49). The van der Waals surface area contributed by atoms with Gasteiger partial charge in [-0.25, -0.2) is 4.79 Å². The molecule has 15 nitrogen and oxygen atoms in total. The minimum atomic E-state index is -1.15. The first kappa shape index (κ1) is 49.8. The molecule has 0 fully saturated rings. The predicted octanol–water partition coefficient (Wildman–Crippen LogP) is 6.28. The highest BCUT2D eigenvalue weighted by atomic mass is 16.6. The van der Waals surface area contributed by atoms with Gasteiger partial charge in [0.1, 0.15) is 25.6 Å². The maximum Gasteiger partial charge on any atom is 0.335 e. The molecule has 0 unspecified atom stereocenters. The fourth-order valence-corrected chi connectivity index (χ4v) is 5.44. The van der Waals surface area contributed by atoms with Crippen molar-refractivity contribution in [1.29, 1.82) is 0 Å². The Morgan fingerprint density at radius 1 is 0.403 bits per heavy atom. The Bertz CT molecular complexity index is 1630. The van der Waals surface area contributed by atoms with Gasteiger partial charge < -0.3 is 66.7 Å². The number of ether oxygens (including phenoxy) is 13. The van der Waals surface area contributed by atoms with Gasteiger partial charge in [-0.2, -0.15) is 0 Å². The molecule has 340 valence electrons. The van der Waals surface area contributed by atoms with Gasteiger partial charge >= 0.3 is 5.97 Å². The summed E-state index contributed by atoms with van der Waals surface area (Å²) in [5.74, 6) is 0.271. The van der Waals surface area contributed by atoms with E-state index < -0.39 is 5.97 Å². The molecule has 0 spiro atoms. The second-order valence-electron chi connectivity index (χ2n) is 13.3. The average molecular weight is 867 g/mol. The lowest BCUT2D eigenvalue weighted by Crippen LogP contribution is -2.16. The van der Waals surface area contributed by atoms with Crippen LogP contribution in [-0.4, -0.2) is 137 Å². The molecule has 1 N–H and O–H groups in total. The van der Waals surface area contributed by atoms with Gasteiger partial charge in [-0.15, -0.1) is 0 Å². The lowest BCUT2D eigenvalue weighted by atomic mass is 10.2. The summed E-state index contributed by atoms with van der Waals surface area (Å²) in [5.41, 5.74) is 3.23. The van der Waals surface area contributed by atoms with E-state index >= 15 is 0 Å². The van der Waals surface area contributed by atoms with Crippen LogP contribution in [0.25, 0.3) is 0 Å². The second kappa shape index (κ2) is 32.8. The summed E-state index contributed by atoms with van der Waals surface area (Å²) in [5, 5.41) is 9.88. The van der Waals surface area contributed by atoms with Crippen LogP contribution < -0.4 is 18.9 Å². The van der Waals surface area contributed by atoms with Crippen LogP contribution in [0.4, 0.5) is 0 Å². The van der Waals surface area contributed by atoms with Gasteiger partial charge in [0.2, 0.25) is 5.75 Å². The maximum atomic E-state index is 12.1. The highest BCUT2D eigenvalue weighted by molar-refractivity contribution is 5.89. The van der Waals surface area contributed by atoms with E-state index in [0.29, 0.717) is 99.1 Å². The molecule has 0 aliphatic carbocycles. The third kappa shape index (κ3) is 22.3. The smallest absolute Gasteiger partial charge is 0.335 e. The zero-order chi connectivity index (χ0) is 43.6. The monoisotopic (exact) mass is 866 g/mol. The van der Waals surface area contributed by atoms with Crippen LogP contribution in [0.3, 0.4) is 0 Å². The quantitative estimate of drug-likeness (QED) is 0.0502. The molecule has 0 amide bonds. The number of aromatic carboxylic acids is 1. The molecule has 0 saturated carbocycles. The molecule has 15 heteroatoms. The van der Waals surface area contributed by atoms with Crippen LogP contribution >= 0.6 is 0 Å². The van der Waals surface area contributed by atoms with Gasteiger partial charge in [0.15, 0.2) is 11.5 Å². The molecule has 0 radical (unpaired) electrons. The molecule has 0 heterocycles. The number of hydrogen-bond acceptors (Lipinski definition) is 14. The van der Waals surface area contributed by atoms with Crippen molar-refractivity contribution in [3.8, 4) is 23.0 Å². The molecule has 0 aliphatic heterocycles. The van der Waals surface area contributed by atoms with E-state index in [2.05, 4.69) is 0 Å². The van der Waals surface area contributed by atoms with Crippen LogP contribution in [0.1, 0.15) is 27.0 Å². The number of rotatable bonds is 38. The van der Waals surface area contributed by atoms with Crippen molar-refractivity contribution in [3.63, 3.8) is 0 Å². The van der Waals surface area contributed by atoms with Crippen molar-refractivity contribution in [1.82, 2.24) is 0 Å². The summed E-state index contributed by atoms with van der Waals surface area (Å²) < 4.78 is 74.0. The number of benzene rings is 4. The van der Waals surface area contributed by atoms with Crippen molar-refractivity contribution in [2.75, 3.05) is 126 Å². The Morgan fingerprint density at radius 2 is 0.726 bits per heavy atom. The minimum absolute atomic E-state index is 0.0312. The van der Waals surface area contributed by atoms with Crippen molar-refractivity contribution >= 4 is 5.97 Å². The van der Waals surface area contributed by atoms with Gasteiger partial charge in [0.25, 0.3) is 0 Å². The molecule has 4 aromatic rings. The van der Waals surface area contributed by atoms with E-state index in [9.17, 15) is 9.90 Å². The van der Waals surface area contributed by atoms with Gasteiger partial charge in [-0.1, -0.05) is 72.8 Å². The molecule has 0 saturated heterocycles. The van der Waals surface area contributed by atoms with E-state index in [4.69, 9.17) is 61.6 Å². The van der Waals surface area contributed by atoms with Crippen molar-refractivity contribution < 1.29 is 71.5 Å². The minimum Gasteiger partial charge on any atom is -0.497 e. The molecule has 0 atom stereocenters. The highest BCUT2D eigenvalue weighted by Crippen LogP contribution is 2.39. The van der Waals surface area contributed by atoms with Crippen LogP contribution in [-0.2, 0) is 62.5 Å². The molecular weight excluding hydrogens is 805 g/mol. The van der Waals surface area contributed by atoms with E-state index in [1.165, 1.54) is 12.1 Å². The molecule has 0 bridgehead atoms. The Kier molecular flexibility index (Phi) is 26.4. The van der Waals surface area contributed by atoms with Gasteiger partial charge in [0, 0.05) is 0 Å². The highest BCUT2D eigenvalue weighted by Gasteiger charge is 2.19. The Labute approximate surface area is 364 Å². The number of carboxylic acids is 1. The molecule has 4 rings (SSSR count).